The molecule has 0 amide bonds. The van der Waals surface area contributed by atoms with Gasteiger partial charge in [0.1, 0.15) is 12.1 Å². The van der Waals surface area contributed by atoms with Gasteiger partial charge in [0.25, 0.3) is 0 Å². The predicted octanol–water partition coefficient (Wildman–Crippen LogP) is 3.62. The van der Waals surface area contributed by atoms with Crippen LogP contribution >= 0.6 is 0 Å². The van der Waals surface area contributed by atoms with Crippen LogP contribution in [0.2, 0.25) is 0 Å². The Bertz CT molecular complexity index is 827. The molecule has 5 heteroatoms. The Morgan fingerprint density at radius 3 is 2.66 bits per heavy atom. The maximum Gasteiger partial charge on any atom is 0.325 e. The lowest BCUT2D eigenvalue weighted by atomic mass is 9.89. The van der Waals surface area contributed by atoms with Gasteiger partial charge in [-0.2, -0.15) is 0 Å². The van der Waals surface area contributed by atoms with Gasteiger partial charge in [0.05, 0.1) is 25.4 Å². The summed E-state index contributed by atoms with van der Waals surface area (Å²) in [5.74, 6) is -0.335. The van der Waals surface area contributed by atoms with Gasteiger partial charge in [-0.3, -0.25) is 4.79 Å². The average Bonchev–Trinajstić information content (AvgIpc) is 3.25. The molecule has 0 radical (unpaired) electrons. The van der Waals surface area contributed by atoms with E-state index < -0.39 is 12.0 Å². The number of nitrogens with two attached hydrogens (primary N) is 1. The molecule has 0 aromatic heterocycles. The summed E-state index contributed by atoms with van der Waals surface area (Å²) in [5.41, 5.74) is 7.18. The van der Waals surface area contributed by atoms with Crippen molar-refractivity contribution in [2.24, 2.45) is 11.7 Å². The van der Waals surface area contributed by atoms with Crippen molar-refractivity contribution in [1.82, 2.24) is 0 Å². The van der Waals surface area contributed by atoms with E-state index in [1.165, 1.54) is 29.2 Å². The third-order valence-electron chi connectivity index (χ3n) is 6.18. The number of cyclic esters (lactones) is 1. The van der Waals surface area contributed by atoms with Gasteiger partial charge in [0.2, 0.25) is 0 Å². The largest absolute Gasteiger partial charge is 0.459 e. The summed E-state index contributed by atoms with van der Waals surface area (Å²) in [4.78, 5) is 12.3. The van der Waals surface area contributed by atoms with Crippen LogP contribution in [0.1, 0.15) is 38.2 Å². The molecule has 1 aliphatic carbocycles. The van der Waals surface area contributed by atoms with Crippen molar-refractivity contribution in [2.75, 3.05) is 13.2 Å². The molecule has 1 aliphatic heterocycles. The predicted molar refractivity (Wildman–Crippen MR) is 113 cm³/mol. The van der Waals surface area contributed by atoms with Crippen LogP contribution < -0.4 is 5.73 Å². The topological polar surface area (TPSA) is 70.8 Å². The van der Waals surface area contributed by atoms with Crippen LogP contribution in [-0.2, 0) is 25.4 Å². The standard InChI is InChI=1S/C24H31NO4/c1-16-23(29-20-10-3-4-11-20)19(14-27-15-22(25)24(26)28-16)13-18-9-6-8-17-7-2-5-12-21(17)18/h2,5-9,12,16,19-20,22-23H,3-4,10-11,13-15,25H2,1H3/t16-,19-,22-,23-/m0/s1. The number of benzene rings is 2. The van der Waals surface area contributed by atoms with Gasteiger partial charge in [-0.25, -0.2) is 0 Å². The number of carbonyl (C=O) groups excluding carboxylic acids is 1. The fourth-order valence-corrected chi connectivity index (χ4v) is 4.63. The Morgan fingerprint density at radius 2 is 1.83 bits per heavy atom. The van der Waals surface area contributed by atoms with E-state index in [1.54, 1.807) is 0 Å². The van der Waals surface area contributed by atoms with E-state index in [4.69, 9.17) is 19.9 Å². The second-order valence-electron chi connectivity index (χ2n) is 8.40. The number of fused-ring (bicyclic) bond motifs is 1. The maximum absolute atomic E-state index is 12.3. The van der Waals surface area contributed by atoms with Crippen molar-refractivity contribution in [3.05, 3.63) is 48.0 Å². The highest BCUT2D eigenvalue weighted by atomic mass is 16.6. The Kier molecular flexibility index (Phi) is 6.48. The Labute approximate surface area is 172 Å². The Balaban J connectivity index is 1.62. The lowest BCUT2D eigenvalue weighted by molar-refractivity contribution is -0.163. The summed E-state index contributed by atoms with van der Waals surface area (Å²) < 4.78 is 18.1. The molecule has 4 atom stereocenters. The van der Waals surface area contributed by atoms with E-state index in [1.807, 2.05) is 6.92 Å². The zero-order chi connectivity index (χ0) is 20.2. The lowest BCUT2D eigenvalue weighted by Crippen LogP contribution is -2.43. The molecule has 2 aromatic rings. The van der Waals surface area contributed by atoms with Gasteiger partial charge in [0, 0.05) is 5.92 Å². The summed E-state index contributed by atoms with van der Waals surface area (Å²) in [6.07, 6.45) is 4.97. The molecule has 156 valence electrons. The molecule has 29 heavy (non-hydrogen) atoms. The summed E-state index contributed by atoms with van der Waals surface area (Å²) in [6, 6.07) is 14.1. The number of hydrogen-bond acceptors (Lipinski definition) is 5. The number of ether oxygens (including phenoxy) is 3. The second kappa shape index (κ2) is 9.24. The molecule has 4 rings (SSSR count). The Hall–Kier alpha value is -1.95. The van der Waals surface area contributed by atoms with E-state index in [0.29, 0.717) is 6.61 Å². The minimum absolute atomic E-state index is 0.0782. The molecule has 2 N–H and O–H groups in total. The fourth-order valence-electron chi connectivity index (χ4n) is 4.63. The van der Waals surface area contributed by atoms with Crippen LogP contribution in [-0.4, -0.2) is 43.5 Å². The van der Waals surface area contributed by atoms with Gasteiger partial charge >= 0.3 is 5.97 Å². The van der Waals surface area contributed by atoms with E-state index in [0.717, 1.165) is 19.3 Å². The minimum Gasteiger partial charge on any atom is -0.459 e. The second-order valence-corrected chi connectivity index (χ2v) is 8.40. The third-order valence-corrected chi connectivity index (χ3v) is 6.18. The zero-order valence-corrected chi connectivity index (χ0v) is 17.1. The monoisotopic (exact) mass is 397 g/mol. The first kappa shape index (κ1) is 20.3. The van der Waals surface area contributed by atoms with Crippen molar-refractivity contribution in [3.63, 3.8) is 0 Å². The lowest BCUT2D eigenvalue weighted by Gasteiger charge is -2.33. The van der Waals surface area contributed by atoms with Gasteiger partial charge < -0.3 is 19.9 Å². The van der Waals surface area contributed by atoms with Crippen LogP contribution in [0.15, 0.2) is 42.5 Å². The first-order chi connectivity index (χ1) is 14.1. The summed E-state index contributed by atoms with van der Waals surface area (Å²) in [5, 5.41) is 2.47. The van der Waals surface area contributed by atoms with Crippen molar-refractivity contribution in [2.45, 2.75) is 63.4 Å². The van der Waals surface area contributed by atoms with E-state index in [-0.39, 0.29) is 30.8 Å². The van der Waals surface area contributed by atoms with Gasteiger partial charge in [-0.1, -0.05) is 55.3 Å². The number of carbonyl (C=O) groups is 1. The highest BCUT2D eigenvalue weighted by Crippen LogP contribution is 2.30. The Morgan fingerprint density at radius 1 is 1.07 bits per heavy atom. The third kappa shape index (κ3) is 4.80. The summed E-state index contributed by atoms with van der Waals surface area (Å²) in [6.45, 7) is 2.59. The highest BCUT2D eigenvalue weighted by Gasteiger charge is 2.36. The molecule has 2 fully saturated rings. The normalized spacial score (nSPS) is 29.2. The van der Waals surface area contributed by atoms with Crippen molar-refractivity contribution in [3.8, 4) is 0 Å². The van der Waals surface area contributed by atoms with Crippen molar-refractivity contribution >= 4 is 16.7 Å². The molecule has 2 aliphatic rings. The van der Waals surface area contributed by atoms with Crippen LogP contribution in [0.25, 0.3) is 10.8 Å². The first-order valence-corrected chi connectivity index (χ1v) is 10.8. The minimum atomic E-state index is -0.749. The molecular formula is C24H31NO4. The fraction of sp³-hybridized carbons (Fsp3) is 0.542. The molecule has 0 bridgehead atoms. The molecule has 0 unspecified atom stereocenters. The smallest absolute Gasteiger partial charge is 0.325 e. The zero-order valence-electron chi connectivity index (χ0n) is 17.1. The van der Waals surface area contributed by atoms with Gasteiger partial charge in [0.15, 0.2) is 0 Å². The average molecular weight is 398 g/mol. The van der Waals surface area contributed by atoms with E-state index in [2.05, 4.69) is 42.5 Å². The van der Waals surface area contributed by atoms with E-state index in [9.17, 15) is 4.79 Å². The first-order valence-electron chi connectivity index (χ1n) is 10.8. The molecular weight excluding hydrogens is 366 g/mol. The van der Waals surface area contributed by atoms with Crippen LogP contribution in [0, 0.1) is 5.92 Å². The molecule has 1 saturated heterocycles. The molecule has 0 spiro atoms. The molecule has 2 aromatic carbocycles. The number of hydrogen-bond donors (Lipinski definition) is 1. The molecule has 1 saturated carbocycles. The van der Waals surface area contributed by atoms with Crippen molar-refractivity contribution < 1.29 is 19.0 Å². The van der Waals surface area contributed by atoms with Gasteiger partial charge in [-0.15, -0.1) is 0 Å². The quantitative estimate of drug-likeness (QED) is 0.798. The maximum atomic E-state index is 12.3. The SMILES string of the molecule is C[C@@H]1OC(=O)[C@@H](N)COC[C@H](Cc2cccc3ccccc23)[C@H]1OC1CCCC1. The van der Waals surface area contributed by atoms with Crippen LogP contribution in [0.4, 0.5) is 0 Å². The summed E-state index contributed by atoms with van der Waals surface area (Å²) in [7, 11) is 0. The highest BCUT2D eigenvalue weighted by molar-refractivity contribution is 5.85. The summed E-state index contributed by atoms with van der Waals surface area (Å²) >= 11 is 0. The number of rotatable bonds is 4. The van der Waals surface area contributed by atoms with Gasteiger partial charge in [-0.05, 0) is 42.5 Å². The molecule has 1 heterocycles. The van der Waals surface area contributed by atoms with Crippen LogP contribution in [0.3, 0.4) is 0 Å². The van der Waals surface area contributed by atoms with E-state index >= 15 is 0 Å². The molecule has 5 nitrogen and oxygen atoms in total. The van der Waals surface area contributed by atoms with Crippen LogP contribution in [0.5, 0.6) is 0 Å². The van der Waals surface area contributed by atoms with Crippen molar-refractivity contribution in [1.29, 1.82) is 0 Å². The number of esters is 1.